The van der Waals surface area contributed by atoms with Gasteiger partial charge in [-0.2, -0.15) is 0 Å². The molecule has 0 spiro atoms. The Morgan fingerprint density at radius 1 is 1.17 bits per heavy atom. The second kappa shape index (κ2) is 5.87. The summed E-state index contributed by atoms with van der Waals surface area (Å²) in [5.41, 5.74) is 2.04. The highest BCUT2D eigenvalue weighted by Crippen LogP contribution is 2.20. The van der Waals surface area contributed by atoms with Crippen LogP contribution < -0.4 is 4.90 Å². The minimum Gasteiger partial charge on any atom is -0.479 e. The van der Waals surface area contributed by atoms with Crippen LogP contribution >= 0.6 is 0 Å². The molecule has 1 fully saturated rings. The minimum absolute atomic E-state index is 0.162. The fraction of sp³-hybridized carbons (Fsp3) is 0.500. The normalized spacial score (nSPS) is 17.5. The van der Waals surface area contributed by atoms with Gasteiger partial charge in [-0.05, 0) is 37.0 Å². The van der Waals surface area contributed by atoms with E-state index >= 15 is 0 Å². The predicted molar refractivity (Wildman–Crippen MR) is 69.9 cm³/mol. The molecular formula is C14H19NO3. The number of benzene rings is 1. The van der Waals surface area contributed by atoms with Crippen LogP contribution in [0.1, 0.15) is 24.8 Å². The number of carbonyl (C=O) groups is 1. The highest BCUT2D eigenvalue weighted by atomic mass is 16.4. The van der Waals surface area contributed by atoms with Crippen LogP contribution in [0.15, 0.2) is 24.3 Å². The van der Waals surface area contributed by atoms with Crippen LogP contribution in [0.25, 0.3) is 0 Å². The molecule has 1 aliphatic rings. The number of carboxylic acids is 1. The fourth-order valence-electron chi connectivity index (χ4n) is 2.31. The second-order valence-corrected chi connectivity index (χ2v) is 4.77. The van der Waals surface area contributed by atoms with E-state index < -0.39 is 12.1 Å². The summed E-state index contributed by atoms with van der Waals surface area (Å²) < 4.78 is 0. The lowest BCUT2D eigenvalue weighted by Crippen LogP contribution is -2.29. The summed E-state index contributed by atoms with van der Waals surface area (Å²) in [5.74, 6) is -1.17. The van der Waals surface area contributed by atoms with Crippen LogP contribution in [0.2, 0.25) is 0 Å². The lowest BCUT2D eigenvalue weighted by molar-refractivity contribution is -0.146. The zero-order valence-corrected chi connectivity index (χ0v) is 10.4. The van der Waals surface area contributed by atoms with Gasteiger partial charge in [0.25, 0.3) is 0 Å². The third-order valence-corrected chi connectivity index (χ3v) is 3.37. The summed E-state index contributed by atoms with van der Waals surface area (Å²) in [5, 5.41) is 17.9. The number of anilines is 1. The monoisotopic (exact) mass is 249 g/mol. The van der Waals surface area contributed by atoms with E-state index in [1.54, 1.807) is 0 Å². The number of aliphatic carboxylic acids is 1. The van der Waals surface area contributed by atoms with E-state index in [0.29, 0.717) is 0 Å². The van der Waals surface area contributed by atoms with Crippen LogP contribution in [0, 0.1) is 0 Å². The molecule has 0 saturated carbocycles. The molecule has 98 valence electrons. The van der Waals surface area contributed by atoms with Crippen molar-refractivity contribution in [3.63, 3.8) is 0 Å². The number of carboxylic acid groups (broad SMARTS) is 1. The molecule has 0 radical (unpaired) electrons. The summed E-state index contributed by atoms with van der Waals surface area (Å²) >= 11 is 0. The van der Waals surface area contributed by atoms with Crippen molar-refractivity contribution in [1.29, 1.82) is 0 Å². The second-order valence-electron chi connectivity index (χ2n) is 4.77. The van der Waals surface area contributed by atoms with Crippen molar-refractivity contribution in [2.45, 2.75) is 31.8 Å². The van der Waals surface area contributed by atoms with Crippen LogP contribution in [0.3, 0.4) is 0 Å². The van der Waals surface area contributed by atoms with E-state index in [1.165, 1.54) is 24.9 Å². The molecule has 0 aromatic heterocycles. The van der Waals surface area contributed by atoms with Crippen LogP contribution in [0.4, 0.5) is 5.69 Å². The Kier molecular flexibility index (Phi) is 4.20. The molecule has 1 unspecified atom stereocenters. The van der Waals surface area contributed by atoms with Crippen LogP contribution in [-0.2, 0) is 11.2 Å². The molecule has 1 aromatic rings. The molecular weight excluding hydrogens is 230 g/mol. The standard InChI is InChI=1S/C14H19NO3/c16-13(14(17)18)10-11-4-6-12(7-5-11)15-8-2-1-3-9-15/h4-7,13,16H,1-3,8-10H2,(H,17,18). The fourth-order valence-corrected chi connectivity index (χ4v) is 2.31. The lowest BCUT2D eigenvalue weighted by Gasteiger charge is -2.28. The van der Waals surface area contributed by atoms with Gasteiger partial charge in [0.05, 0.1) is 0 Å². The number of nitrogens with zero attached hydrogens (tertiary/aromatic N) is 1. The van der Waals surface area contributed by atoms with Crippen molar-refractivity contribution >= 4 is 11.7 Å². The van der Waals surface area contributed by atoms with Gasteiger partial charge < -0.3 is 15.1 Å². The van der Waals surface area contributed by atoms with Gasteiger partial charge in [-0.1, -0.05) is 12.1 Å². The molecule has 2 N–H and O–H groups in total. The molecule has 4 nitrogen and oxygen atoms in total. The van der Waals surface area contributed by atoms with E-state index in [0.717, 1.165) is 18.7 Å². The molecule has 1 aromatic carbocycles. The first-order valence-corrected chi connectivity index (χ1v) is 6.41. The van der Waals surface area contributed by atoms with Gasteiger partial charge in [0.1, 0.15) is 0 Å². The third kappa shape index (κ3) is 3.23. The Morgan fingerprint density at radius 2 is 1.78 bits per heavy atom. The maximum atomic E-state index is 10.6. The van der Waals surface area contributed by atoms with Gasteiger partial charge >= 0.3 is 5.97 Å². The van der Waals surface area contributed by atoms with Gasteiger partial charge in [0.15, 0.2) is 6.10 Å². The van der Waals surface area contributed by atoms with Crippen molar-refractivity contribution in [3.8, 4) is 0 Å². The number of aliphatic hydroxyl groups excluding tert-OH is 1. The molecule has 0 aliphatic carbocycles. The molecule has 18 heavy (non-hydrogen) atoms. The molecule has 0 bridgehead atoms. The molecule has 0 amide bonds. The van der Waals surface area contributed by atoms with Crippen molar-refractivity contribution in [3.05, 3.63) is 29.8 Å². The average molecular weight is 249 g/mol. The van der Waals surface area contributed by atoms with Crippen LogP contribution in [-0.4, -0.2) is 35.4 Å². The first-order valence-electron chi connectivity index (χ1n) is 6.41. The van der Waals surface area contributed by atoms with Gasteiger partial charge in [0.2, 0.25) is 0 Å². The molecule has 1 aliphatic heterocycles. The van der Waals surface area contributed by atoms with Crippen LogP contribution in [0.5, 0.6) is 0 Å². The van der Waals surface area contributed by atoms with Gasteiger partial charge in [-0.15, -0.1) is 0 Å². The average Bonchev–Trinajstić information content (AvgIpc) is 2.40. The smallest absolute Gasteiger partial charge is 0.332 e. The Bertz CT molecular complexity index is 396. The van der Waals surface area contributed by atoms with Gasteiger partial charge in [-0.3, -0.25) is 0 Å². The summed E-state index contributed by atoms with van der Waals surface area (Å²) in [7, 11) is 0. The number of hydrogen-bond acceptors (Lipinski definition) is 3. The summed E-state index contributed by atoms with van der Waals surface area (Å²) in [6, 6.07) is 7.82. The predicted octanol–water partition coefficient (Wildman–Crippen LogP) is 1.66. The molecule has 1 saturated heterocycles. The maximum Gasteiger partial charge on any atom is 0.332 e. The Balaban J connectivity index is 1.98. The maximum absolute atomic E-state index is 10.6. The van der Waals surface area contributed by atoms with Crippen molar-refractivity contribution in [1.82, 2.24) is 0 Å². The van der Waals surface area contributed by atoms with E-state index in [2.05, 4.69) is 4.90 Å². The zero-order chi connectivity index (χ0) is 13.0. The number of aliphatic hydroxyl groups is 1. The van der Waals surface area contributed by atoms with Crippen molar-refractivity contribution in [2.24, 2.45) is 0 Å². The van der Waals surface area contributed by atoms with E-state index in [1.807, 2.05) is 24.3 Å². The topological polar surface area (TPSA) is 60.8 Å². The Morgan fingerprint density at radius 3 is 2.33 bits per heavy atom. The summed E-state index contributed by atoms with van der Waals surface area (Å²) in [4.78, 5) is 12.9. The summed E-state index contributed by atoms with van der Waals surface area (Å²) in [6.45, 7) is 2.19. The third-order valence-electron chi connectivity index (χ3n) is 3.37. The van der Waals surface area contributed by atoms with Gasteiger partial charge in [-0.25, -0.2) is 4.79 Å². The van der Waals surface area contributed by atoms with Crippen molar-refractivity contribution < 1.29 is 15.0 Å². The molecule has 2 rings (SSSR count). The first kappa shape index (κ1) is 12.9. The number of piperidine rings is 1. The molecule has 1 heterocycles. The van der Waals surface area contributed by atoms with Gasteiger partial charge in [0, 0.05) is 25.2 Å². The Labute approximate surface area is 107 Å². The summed E-state index contributed by atoms with van der Waals surface area (Å²) in [6.07, 6.45) is 2.62. The van der Waals surface area contributed by atoms with E-state index in [9.17, 15) is 9.90 Å². The SMILES string of the molecule is O=C(O)C(O)Cc1ccc(N2CCCCC2)cc1. The van der Waals surface area contributed by atoms with E-state index in [-0.39, 0.29) is 6.42 Å². The number of rotatable bonds is 4. The molecule has 1 atom stereocenters. The van der Waals surface area contributed by atoms with E-state index in [4.69, 9.17) is 5.11 Å². The number of hydrogen-bond donors (Lipinski definition) is 2. The zero-order valence-electron chi connectivity index (χ0n) is 10.4. The minimum atomic E-state index is -1.31. The molecule has 4 heteroatoms. The quantitative estimate of drug-likeness (QED) is 0.852. The lowest BCUT2D eigenvalue weighted by atomic mass is 10.1. The highest BCUT2D eigenvalue weighted by Gasteiger charge is 2.14. The first-order chi connectivity index (χ1) is 8.66. The largest absolute Gasteiger partial charge is 0.479 e. The van der Waals surface area contributed by atoms with Crippen molar-refractivity contribution in [2.75, 3.05) is 18.0 Å². The Hall–Kier alpha value is -1.55. The highest BCUT2D eigenvalue weighted by molar-refractivity contribution is 5.72.